The first-order chi connectivity index (χ1) is 7.43. The average Bonchev–Trinajstić information content (AvgIpc) is 2.94. The molecule has 94 valence electrons. The van der Waals surface area contributed by atoms with Crippen LogP contribution in [0.15, 0.2) is 0 Å². The number of nitrogens with one attached hydrogen (secondary N) is 1. The van der Waals surface area contributed by atoms with Gasteiger partial charge in [0.05, 0.1) is 0 Å². The maximum absolute atomic E-state index is 11.6. The molecule has 1 rings (SSSR count). The first-order valence-electron chi connectivity index (χ1n) is 6.43. The van der Waals surface area contributed by atoms with E-state index in [1.54, 1.807) is 0 Å². The third kappa shape index (κ3) is 4.97. The summed E-state index contributed by atoms with van der Waals surface area (Å²) in [6.45, 7) is 7.40. The van der Waals surface area contributed by atoms with E-state index in [0.717, 1.165) is 25.7 Å². The van der Waals surface area contributed by atoms with Crippen molar-refractivity contribution in [1.29, 1.82) is 0 Å². The van der Waals surface area contributed by atoms with E-state index in [-0.39, 0.29) is 11.3 Å². The number of nitrogens with two attached hydrogens (primary N) is 1. The summed E-state index contributed by atoms with van der Waals surface area (Å²) in [7, 11) is 0. The Bertz CT molecular complexity index is 229. The zero-order valence-corrected chi connectivity index (χ0v) is 10.9. The third-order valence-corrected chi connectivity index (χ3v) is 3.40. The van der Waals surface area contributed by atoms with E-state index >= 15 is 0 Å². The van der Waals surface area contributed by atoms with Crippen molar-refractivity contribution in [3.63, 3.8) is 0 Å². The minimum Gasteiger partial charge on any atom is -0.353 e. The highest BCUT2D eigenvalue weighted by atomic mass is 16.1. The van der Waals surface area contributed by atoms with Crippen molar-refractivity contribution in [1.82, 2.24) is 5.32 Å². The Morgan fingerprint density at radius 1 is 1.38 bits per heavy atom. The van der Waals surface area contributed by atoms with Crippen LogP contribution in [0.3, 0.4) is 0 Å². The molecular formula is C13H26N2O. The highest BCUT2D eigenvalue weighted by Gasteiger charge is 2.26. The van der Waals surface area contributed by atoms with Gasteiger partial charge in [0.15, 0.2) is 0 Å². The molecule has 0 aliphatic heterocycles. The maximum Gasteiger partial charge on any atom is 0.220 e. The monoisotopic (exact) mass is 226 g/mol. The Hall–Kier alpha value is -0.570. The summed E-state index contributed by atoms with van der Waals surface area (Å²) in [6.07, 6.45) is 4.95. The summed E-state index contributed by atoms with van der Waals surface area (Å²) in [6, 6.07) is 0.482. The van der Waals surface area contributed by atoms with Crippen molar-refractivity contribution in [3.05, 3.63) is 0 Å². The smallest absolute Gasteiger partial charge is 0.220 e. The molecule has 3 N–H and O–H groups in total. The Morgan fingerprint density at radius 2 is 2.00 bits per heavy atom. The minimum atomic E-state index is 0.216. The Morgan fingerprint density at radius 3 is 2.44 bits per heavy atom. The molecule has 1 aliphatic rings. The van der Waals surface area contributed by atoms with Gasteiger partial charge < -0.3 is 11.1 Å². The van der Waals surface area contributed by atoms with Crippen LogP contribution < -0.4 is 11.1 Å². The lowest BCUT2D eigenvalue weighted by atomic mass is 9.76. The van der Waals surface area contributed by atoms with Gasteiger partial charge in [-0.2, -0.15) is 0 Å². The molecule has 1 aliphatic carbocycles. The van der Waals surface area contributed by atoms with Crippen molar-refractivity contribution < 1.29 is 4.79 Å². The lowest BCUT2D eigenvalue weighted by Crippen LogP contribution is -2.28. The summed E-state index contributed by atoms with van der Waals surface area (Å²) < 4.78 is 0. The highest BCUT2D eigenvalue weighted by Crippen LogP contribution is 2.32. The molecule has 1 atom stereocenters. The number of amides is 1. The van der Waals surface area contributed by atoms with E-state index < -0.39 is 0 Å². The van der Waals surface area contributed by atoms with Gasteiger partial charge in [-0.05, 0) is 43.6 Å². The summed E-state index contributed by atoms with van der Waals surface area (Å²) in [5.41, 5.74) is 5.87. The number of carbonyl (C=O) groups excluding carboxylic acids is 1. The standard InChI is InChI=1S/C13H26N2O/c1-13(2,3)10(8-9-14)4-7-12(16)15-11-5-6-11/h10-11H,4-9,14H2,1-3H3,(H,15,16). The molecular weight excluding hydrogens is 200 g/mol. The summed E-state index contributed by atoms with van der Waals surface area (Å²) in [5, 5.41) is 3.03. The van der Waals surface area contributed by atoms with Crippen molar-refractivity contribution in [3.8, 4) is 0 Å². The van der Waals surface area contributed by atoms with Gasteiger partial charge in [-0.1, -0.05) is 20.8 Å². The average molecular weight is 226 g/mol. The zero-order valence-electron chi connectivity index (χ0n) is 10.9. The molecule has 16 heavy (non-hydrogen) atoms. The second kappa shape index (κ2) is 5.67. The van der Waals surface area contributed by atoms with Crippen molar-refractivity contribution >= 4 is 5.91 Å². The number of hydrogen-bond donors (Lipinski definition) is 2. The van der Waals surface area contributed by atoms with Crippen molar-refractivity contribution in [2.45, 2.75) is 58.9 Å². The van der Waals surface area contributed by atoms with Crippen molar-refractivity contribution in [2.75, 3.05) is 6.54 Å². The molecule has 1 amide bonds. The summed E-state index contributed by atoms with van der Waals surface area (Å²) in [5.74, 6) is 0.760. The van der Waals surface area contributed by atoms with Gasteiger partial charge in [-0.15, -0.1) is 0 Å². The van der Waals surface area contributed by atoms with Crippen LogP contribution in [0.1, 0.15) is 52.9 Å². The fraction of sp³-hybridized carbons (Fsp3) is 0.923. The van der Waals surface area contributed by atoms with Crippen LogP contribution in [0, 0.1) is 11.3 Å². The fourth-order valence-corrected chi connectivity index (χ4v) is 2.04. The lowest BCUT2D eigenvalue weighted by molar-refractivity contribution is -0.121. The zero-order chi connectivity index (χ0) is 12.2. The number of hydrogen-bond acceptors (Lipinski definition) is 2. The molecule has 0 radical (unpaired) electrons. The molecule has 3 nitrogen and oxygen atoms in total. The SMILES string of the molecule is CC(C)(C)C(CCN)CCC(=O)NC1CC1. The van der Waals surface area contributed by atoms with Gasteiger partial charge in [-0.3, -0.25) is 4.79 Å². The molecule has 0 aromatic carbocycles. The topological polar surface area (TPSA) is 55.1 Å². The first-order valence-corrected chi connectivity index (χ1v) is 6.43. The largest absolute Gasteiger partial charge is 0.353 e. The van der Waals surface area contributed by atoms with Gasteiger partial charge in [0.2, 0.25) is 5.91 Å². The summed E-state index contributed by atoms with van der Waals surface area (Å²) in [4.78, 5) is 11.6. The molecule has 0 bridgehead atoms. The molecule has 1 fully saturated rings. The molecule has 0 spiro atoms. The van der Waals surface area contributed by atoms with E-state index in [0.29, 0.717) is 24.9 Å². The van der Waals surface area contributed by atoms with Crippen LogP contribution in [0.4, 0.5) is 0 Å². The Labute approximate surface area is 99.2 Å². The van der Waals surface area contributed by atoms with E-state index in [1.165, 1.54) is 0 Å². The van der Waals surface area contributed by atoms with Crippen LogP contribution in [0.2, 0.25) is 0 Å². The van der Waals surface area contributed by atoms with Gasteiger partial charge in [-0.25, -0.2) is 0 Å². The highest BCUT2D eigenvalue weighted by molar-refractivity contribution is 5.76. The van der Waals surface area contributed by atoms with Gasteiger partial charge in [0.25, 0.3) is 0 Å². The molecule has 0 aromatic heterocycles. The molecule has 1 saturated carbocycles. The van der Waals surface area contributed by atoms with Crippen LogP contribution in [-0.2, 0) is 4.79 Å². The fourth-order valence-electron chi connectivity index (χ4n) is 2.04. The molecule has 0 heterocycles. The predicted molar refractivity (Wildman–Crippen MR) is 67.0 cm³/mol. The number of rotatable bonds is 6. The van der Waals surface area contributed by atoms with Crippen molar-refractivity contribution in [2.24, 2.45) is 17.1 Å². The Balaban J connectivity index is 2.27. The number of carbonyl (C=O) groups is 1. The molecule has 0 saturated heterocycles. The van der Waals surface area contributed by atoms with E-state index in [1.807, 2.05) is 0 Å². The van der Waals surface area contributed by atoms with E-state index in [2.05, 4.69) is 26.1 Å². The third-order valence-electron chi connectivity index (χ3n) is 3.40. The van der Waals surface area contributed by atoms with Crippen LogP contribution >= 0.6 is 0 Å². The molecule has 3 heteroatoms. The summed E-state index contributed by atoms with van der Waals surface area (Å²) >= 11 is 0. The normalized spacial score (nSPS) is 18.2. The first kappa shape index (κ1) is 13.5. The van der Waals surface area contributed by atoms with Gasteiger partial charge >= 0.3 is 0 Å². The second-order valence-electron chi connectivity index (χ2n) is 6.02. The van der Waals surface area contributed by atoms with Crippen LogP contribution in [-0.4, -0.2) is 18.5 Å². The quantitative estimate of drug-likeness (QED) is 0.728. The minimum absolute atomic E-state index is 0.216. The second-order valence-corrected chi connectivity index (χ2v) is 6.02. The maximum atomic E-state index is 11.6. The van der Waals surface area contributed by atoms with E-state index in [9.17, 15) is 4.79 Å². The Kier molecular flexibility index (Phi) is 4.78. The predicted octanol–water partition coefficient (Wildman–Crippen LogP) is 2.06. The van der Waals surface area contributed by atoms with Gasteiger partial charge in [0.1, 0.15) is 0 Å². The van der Waals surface area contributed by atoms with E-state index in [4.69, 9.17) is 5.73 Å². The lowest BCUT2D eigenvalue weighted by Gasteiger charge is -2.30. The van der Waals surface area contributed by atoms with Crippen LogP contribution in [0.5, 0.6) is 0 Å². The van der Waals surface area contributed by atoms with Crippen LogP contribution in [0.25, 0.3) is 0 Å². The molecule has 0 aromatic rings. The van der Waals surface area contributed by atoms with Gasteiger partial charge in [0, 0.05) is 12.5 Å². The molecule has 1 unspecified atom stereocenters.